The summed E-state index contributed by atoms with van der Waals surface area (Å²) in [5.41, 5.74) is -1.40. The zero-order valence-corrected chi connectivity index (χ0v) is 10.6. The van der Waals surface area contributed by atoms with Crippen molar-refractivity contribution in [1.29, 1.82) is 0 Å². The van der Waals surface area contributed by atoms with Crippen LogP contribution in [0.15, 0.2) is 12.1 Å². The standard InChI is InChI=1S/C11H12F3NO5/c1-3-20-8-5-6(10(16)11(12,13)14)4-7(15(17)18)9(8)19-2/h4-5,10,16H,3H2,1-2H3. The molecule has 1 aromatic carbocycles. The summed E-state index contributed by atoms with van der Waals surface area (Å²) in [5.74, 6) is -0.530. The Labute approximate surface area is 111 Å². The average molecular weight is 295 g/mol. The third kappa shape index (κ3) is 3.29. The van der Waals surface area contributed by atoms with Crippen LogP contribution in [0.3, 0.4) is 0 Å². The van der Waals surface area contributed by atoms with Crippen molar-refractivity contribution in [1.82, 2.24) is 0 Å². The summed E-state index contributed by atoms with van der Waals surface area (Å²) in [7, 11) is 1.13. The molecule has 112 valence electrons. The van der Waals surface area contributed by atoms with Crippen LogP contribution in [-0.4, -0.2) is 29.9 Å². The normalized spacial score (nSPS) is 12.9. The first-order valence-corrected chi connectivity index (χ1v) is 5.46. The van der Waals surface area contributed by atoms with Crippen molar-refractivity contribution in [2.75, 3.05) is 13.7 Å². The number of rotatable bonds is 5. The van der Waals surface area contributed by atoms with E-state index in [1.807, 2.05) is 0 Å². The van der Waals surface area contributed by atoms with Gasteiger partial charge in [0.15, 0.2) is 11.9 Å². The predicted molar refractivity (Wildman–Crippen MR) is 61.8 cm³/mol. The molecular formula is C11H12F3NO5. The van der Waals surface area contributed by atoms with Gasteiger partial charge in [-0.3, -0.25) is 10.1 Å². The Bertz CT molecular complexity index is 504. The maximum absolute atomic E-state index is 12.5. The number of hydrogen-bond donors (Lipinski definition) is 1. The van der Waals surface area contributed by atoms with E-state index >= 15 is 0 Å². The highest BCUT2D eigenvalue weighted by Crippen LogP contribution is 2.42. The molecule has 0 amide bonds. The SMILES string of the molecule is CCOc1cc(C(O)C(F)(F)F)cc([N+](=O)[O-])c1OC. The van der Waals surface area contributed by atoms with E-state index < -0.39 is 28.5 Å². The number of methoxy groups -OCH3 is 1. The fourth-order valence-electron chi connectivity index (χ4n) is 1.56. The first kappa shape index (κ1) is 16.0. The molecule has 0 spiro atoms. The lowest BCUT2D eigenvalue weighted by Gasteiger charge is -2.17. The summed E-state index contributed by atoms with van der Waals surface area (Å²) in [5, 5.41) is 20.0. The summed E-state index contributed by atoms with van der Waals surface area (Å²) in [6.45, 7) is 1.62. The fourth-order valence-corrected chi connectivity index (χ4v) is 1.56. The molecule has 0 fully saturated rings. The van der Waals surface area contributed by atoms with Crippen molar-refractivity contribution in [3.05, 3.63) is 27.8 Å². The van der Waals surface area contributed by atoms with E-state index in [9.17, 15) is 28.4 Å². The molecule has 9 heteroatoms. The molecule has 1 atom stereocenters. The van der Waals surface area contributed by atoms with E-state index in [1.165, 1.54) is 0 Å². The molecule has 0 aromatic heterocycles. The molecular weight excluding hydrogens is 283 g/mol. The lowest BCUT2D eigenvalue weighted by atomic mass is 10.1. The number of alkyl halides is 3. The summed E-state index contributed by atoms with van der Waals surface area (Å²) < 4.78 is 47.2. The van der Waals surface area contributed by atoms with Gasteiger partial charge in [-0.15, -0.1) is 0 Å². The molecule has 0 saturated heterocycles. The van der Waals surface area contributed by atoms with Crippen LogP contribution in [0.25, 0.3) is 0 Å². The molecule has 1 N–H and O–H groups in total. The zero-order valence-electron chi connectivity index (χ0n) is 10.6. The van der Waals surface area contributed by atoms with Crippen molar-refractivity contribution < 1.29 is 32.7 Å². The number of benzene rings is 1. The summed E-state index contributed by atoms with van der Waals surface area (Å²) in [6, 6.07) is 1.48. The highest BCUT2D eigenvalue weighted by molar-refractivity contribution is 5.58. The molecule has 6 nitrogen and oxygen atoms in total. The molecule has 0 heterocycles. The van der Waals surface area contributed by atoms with Crippen LogP contribution >= 0.6 is 0 Å². The molecule has 20 heavy (non-hydrogen) atoms. The van der Waals surface area contributed by atoms with Gasteiger partial charge >= 0.3 is 11.9 Å². The quantitative estimate of drug-likeness (QED) is 0.667. The Morgan fingerprint density at radius 3 is 2.45 bits per heavy atom. The first-order valence-electron chi connectivity index (χ1n) is 5.46. The fraction of sp³-hybridized carbons (Fsp3) is 0.455. The molecule has 0 bridgehead atoms. The maximum atomic E-state index is 12.5. The van der Waals surface area contributed by atoms with Crippen LogP contribution in [0.1, 0.15) is 18.6 Å². The Morgan fingerprint density at radius 1 is 1.45 bits per heavy atom. The lowest BCUT2D eigenvalue weighted by molar-refractivity contribution is -0.386. The Morgan fingerprint density at radius 2 is 2.05 bits per heavy atom. The molecule has 1 aromatic rings. The minimum atomic E-state index is -4.94. The van der Waals surface area contributed by atoms with Gasteiger partial charge in [-0.05, 0) is 13.0 Å². The van der Waals surface area contributed by atoms with Crippen molar-refractivity contribution >= 4 is 5.69 Å². The third-order valence-corrected chi connectivity index (χ3v) is 2.38. The van der Waals surface area contributed by atoms with E-state index in [0.29, 0.717) is 6.07 Å². The summed E-state index contributed by atoms with van der Waals surface area (Å²) >= 11 is 0. The average Bonchev–Trinajstić information content (AvgIpc) is 2.36. The van der Waals surface area contributed by atoms with Crippen molar-refractivity contribution in [3.8, 4) is 11.5 Å². The second-order valence-corrected chi connectivity index (χ2v) is 3.71. The van der Waals surface area contributed by atoms with Gasteiger partial charge in [-0.2, -0.15) is 13.2 Å². The lowest BCUT2D eigenvalue weighted by Crippen LogP contribution is -2.20. The molecule has 0 aliphatic rings. The number of nitro benzene ring substituents is 1. The first-order chi connectivity index (χ1) is 9.22. The van der Waals surface area contributed by atoms with Gasteiger partial charge in [0.05, 0.1) is 18.6 Å². The van der Waals surface area contributed by atoms with E-state index in [2.05, 4.69) is 0 Å². The van der Waals surface area contributed by atoms with Gasteiger partial charge in [0.25, 0.3) is 0 Å². The monoisotopic (exact) mass is 295 g/mol. The van der Waals surface area contributed by atoms with E-state index in [-0.39, 0.29) is 18.1 Å². The highest BCUT2D eigenvalue weighted by atomic mass is 19.4. The zero-order chi connectivity index (χ0) is 15.5. The number of halogens is 3. The van der Waals surface area contributed by atoms with Crippen LogP contribution < -0.4 is 9.47 Å². The number of hydrogen-bond acceptors (Lipinski definition) is 5. The van der Waals surface area contributed by atoms with Crippen LogP contribution in [0, 0.1) is 10.1 Å². The minimum absolute atomic E-state index is 0.0685. The highest BCUT2D eigenvalue weighted by Gasteiger charge is 2.41. The second kappa shape index (κ2) is 5.95. The number of ether oxygens (including phenoxy) is 2. The molecule has 0 aliphatic heterocycles. The Kier molecular flexibility index (Phi) is 4.77. The maximum Gasteiger partial charge on any atom is 0.418 e. The number of nitro groups is 1. The van der Waals surface area contributed by atoms with Crippen molar-refractivity contribution in [2.45, 2.75) is 19.2 Å². The number of aliphatic hydroxyl groups excluding tert-OH is 1. The van der Waals surface area contributed by atoms with Crippen molar-refractivity contribution in [2.24, 2.45) is 0 Å². The Balaban J connectivity index is 3.45. The van der Waals surface area contributed by atoms with Crippen LogP contribution in [0.4, 0.5) is 18.9 Å². The number of nitrogens with zero attached hydrogens (tertiary/aromatic N) is 1. The molecule has 0 radical (unpaired) electrons. The van der Waals surface area contributed by atoms with Crippen LogP contribution in [0.5, 0.6) is 11.5 Å². The second-order valence-electron chi connectivity index (χ2n) is 3.71. The molecule has 1 rings (SSSR count). The summed E-state index contributed by atoms with van der Waals surface area (Å²) in [6.07, 6.45) is -7.78. The minimum Gasteiger partial charge on any atom is -0.490 e. The van der Waals surface area contributed by atoms with Crippen LogP contribution in [-0.2, 0) is 0 Å². The smallest absolute Gasteiger partial charge is 0.418 e. The van der Waals surface area contributed by atoms with Gasteiger partial charge in [0.1, 0.15) is 0 Å². The number of aliphatic hydroxyl groups is 1. The van der Waals surface area contributed by atoms with Crippen molar-refractivity contribution in [3.63, 3.8) is 0 Å². The van der Waals surface area contributed by atoms with Gasteiger partial charge in [0, 0.05) is 11.6 Å². The van der Waals surface area contributed by atoms with Gasteiger partial charge in [0.2, 0.25) is 5.75 Å². The predicted octanol–water partition coefficient (Wildman–Crippen LogP) is 2.60. The molecule has 0 saturated carbocycles. The molecule has 1 unspecified atom stereocenters. The largest absolute Gasteiger partial charge is 0.490 e. The Hall–Kier alpha value is -2.03. The van der Waals surface area contributed by atoms with E-state index in [0.717, 1.165) is 13.2 Å². The topological polar surface area (TPSA) is 81.8 Å². The summed E-state index contributed by atoms with van der Waals surface area (Å²) in [4.78, 5) is 9.96. The van der Waals surface area contributed by atoms with Gasteiger partial charge in [-0.25, -0.2) is 0 Å². The van der Waals surface area contributed by atoms with E-state index in [4.69, 9.17) is 9.47 Å². The van der Waals surface area contributed by atoms with Gasteiger partial charge < -0.3 is 14.6 Å². The van der Waals surface area contributed by atoms with E-state index in [1.54, 1.807) is 6.92 Å². The third-order valence-electron chi connectivity index (χ3n) is 2.38. The van der Waals surface area contributed by atoms with Gasteiger partial charge in [-0.1, -0.05) is 0 Å². The van der Waals surface area contributed by atoms with Crippen LogP contribution in [0.2, 0.25) is 0 Å². The molecule has 0 aliphatic carbocycles.